The smallest absolute Gasteiger partial charge is 0.387 e. The second-order valence-corrected chi connectivity index (χ2v) is 5.77. The largest absolute Gasteiger partial charge is 0.486 e. The molecule has 0 aromatic heterocycles. The number of anilines is 1. The highest BCUT2D eigenvalue weighted by molar-refractivity contribution is 5.56. The van der Waals surface area contributed by atoms with Crippen molar-refractivity contribution >= 4 is 5.69 Å². The van der Waals surface area contributed by atoms with E-state index in [0.717, 1.165) is 57.5 Å². The zero-order valence-corrected chi connectivity index (χ0v) is 14.6. The van der Waals surface area contributed by atoms with Crippen LogP contribution in [0.1, 0.15) is 39.5 Å². The van der Waals surface area contributed by atoms with Gasteiger partial charge in [-0.3, -0.25) is 0 Å². The third-order valence-electron chi connectivity index (χ3n) is 4.22. The molecular formula is C18H28F2N2O2. The van der Waals surface area contributed by atoms with E-state index in [4.69, 9.17) is 4.74 Å². The van der Waals surface area contributed by atoms with E-state index in [9.17, 15) is 8.78 Å². The summed E-state index contributed by atoms with van der Waals surface area (Å²) in [4.78, 5) is 2.23. The molecule has 0 unspecified atom stereocenters. The predicted molar refractivity (Wildman–Crippen MR) is 92.4 cm³/mol. The van der Waals surface area contributed by atoms with Crippen molar-refractivity contribution in [1.82, 2.24) is 5.32 Å². The first-order valence-corrected chi connectivity index (χ1v) is 8.93. The lowest BCUT2D eigenvalue weighted by atomic mass is 10.2. The van der Waals surface area contributed by atoms with Crippen LogP contribution in [0.3, 0.4) is 0 Å². The number of nitrogens with zero attached hydrogens (tertiary/aromatic N) is 1. The molecule has 4 nitrogen and oxygen atoms in total. The number of hydrogen-bond acceptors (Lipinski definition) is 4. The lowest BCUT2D eigenvalue weighted by Gasteiger charge is -2.30. The highest BCUT2D eigenvalue weighted by Gasteiger charge is 2.21. The molecule has 24 heavy (non-hydrogen) atoms. The van der Waals surface area contributed by atoms with Crippen molar-refractivity contribution in [2.24, 2.45) is 0 Å². The van der Waals surface area contributed by atoms with Gasteiger partial charge in [0.1, 0.15) is 0 Å². The van der Waals surface area contributed by atoms with Gasteiger partial charge in [-0.1, -0.05) is 13.8 Å². The lowest BCUT2D eigenvalue weighted by molar-refractivity contribution is -0.0520. The van der Waals surface area contributed by atoms with Crippen LogP contribution in [0.5, 0.6) is 11.5 Å². The van der Waals surface area contributed by atoms with Gasteiger partial charge in [-0.2, -0.15) is 8.78 Å². The molecule has 1 saturated heterocycles. The van der Waals surface area contributed by atoms with Gasteiger partial charge < -0.3 is 19.7 Å². The number of hydrogen-bond donors (Lipinski definition) is 1. The summed E-state index contributed by atoms with van der Waals surface area (Å²) in [6, 6.07) is 5.25. The van der Waals surface area contributed by atoms with Gasteiger partial charge in [0, 0.05) is 37.9 Å². The van der Waals surface area contributed by atoms with Gasteiger partial charge in [0.05, 0.1) is 6.10 Å². The molecule has 1 aliphatic carbocycles. The first-order chi connectivity index (χ1) is 11.7. The van der Waals surface area contributed by atoms with E-state index in [1.54, 1.807) is 6.07 Å². The predicted octanol–water partition coefficient (Wildman–Crippen LogP) is 4.05. The van der Waals surface area contributed by atoms with Crippen molar-refractivity contribution in [3.8, 4) is 11.5 Å². The number of ether oxygens (including phenoxy) is 2. The molecule has 1 saturated carbocycles. The number of nitrogens with one attached hydrogen (secondary N) is 1. The molecule has 0 radical (unpaired) electrons. The van der Waals surface area contributed by atoms with Crippen molar-refractivity contribution in [3.63, 3.8) is 0 Å². The highest BCUT2D eigenvalue weighted by Crippen LogP contribution is 2.36. The minimum Gasteiger partial charge on any atom is -0.486 e. The Morgan fingerprint density at radius 1 is 1.08 bits per heavy atom. The average Bonchev–Trinajstić information content (AvgIpc) is 3.12. The van der Waals surface area contributed by atoms with E-state index >= 15 is 0 Å². The summed E-state index contributed by atoms with van der Waals surface area (Å²) in [5, 5.41) is 3.30. The molecular weight excluding hydrogens is 314 g/mol. The van der Waals surface area contributed by atoms with Crippen molar-refractivity contribution in [2.45, 2.75) is 52.2 Å². The standard InChI is InChI=1S/C16H22F2N2O2.C2H6/c17-16(18)22-14-6-5-12(20-9-7-19-8-10-20)11-15(14)21-13-3-1-2-4-13;1-2/h5-6,11,13,16,19H,1-4,7-10H2;1-2H3. The minimum absolute atomic E-state index is 0.110. The maximum atomic E-state index is 12.6. The van der Waals surface area contributed by atoms with E-state index < -0.39 is 6.61 Å². The first-order valence-electron chi connectivity index (χ1n) is 8.93. The van der Waals surface area contributed by atoms with Gasteiger partial charge in [-0.25, -0.2) is 0 Å². The summed E-state index contributed by atoms with van der Waals surface area (Å²) in [5.74, 6) is 0.559. The Labute approximate surface area is 143 Å². The summed E-state index contributed by atoms with van der Waals surface area (Å²) in [6.07, 6.45) is 4.33. The zero-order valence-electron chi connectivity index (χ0n) is 14.6. The van der Waals surface area contributed by atoms with E-state index in [-0.39, 0.29) is 11.9 Å². The highest BCUT2D eigenvalue weighted by atomic mass is 19.3. The molecule has 6 heteroatoms. The summed E-state index contributed by atoms with van der Waals surface area (Å²) in [7, 11) is 0. The molecule has 0 bridgehead atoms. The van der Waals surface area contributed by atoms with Gasteiger partial charge >= 0.3 is 6.61 Å². The molecule has 0 spiro atoms. The Hall–Kier alpha value is -1.56. The maximum absolute atomic E-state index is 12.6. The van der Waals surface area contributed by atoms with Crippen LogP contribution in [0.15, 0.2) is 18.2 Å². The molecule has 1 aliphatic heterocycles. The van der Waals surface area contributed by atoms with Gasteiger partial charge in [0.25, 0.3) is 0 Å². The Bertz CT molecular complexity index is 488. The van der Waals surface area contributed by atoms with Crippen LogP contribution in [0, 0.1) is 0 Å². The maximum Gasteiger partial charge on any atom is 0.387 e. The normalized spacial score (nSPS) is 18.3. The van der Waals surface area contributed by atoms with Gasteiger partial charge in [0.2, 0.25) is 0 Å². The van der Waals surface area contributed by atoms with E-state index in [0.29, 0.717) is 5.75 Å². The Morgan fingerprint density at radius 3 is 2.38 bits per heavy atom. The molecule has 3 rings (SSSR count). The van der Waals surface area contributed by atoms with E-state index in [2.05, 4.69) is 15.0 Å². The van der Waals surface area contributed by atoms with Gasteiger partial charge in [-0.05, 0) is 37.8 Å². The number of rotatable bonds is 5. The molecule has 2 aliphatic rings. The van der Waals surface area contributed by atoms with Crippen LogP contribution in [-0.4, -0.2) is 38.9 Å². The first kappa shape index (κ1) is 18.8. The summed E-state index contributed by atoms with van der Waals surface area (Å²) < 4.78 is 35.7. The number of alkyl halides is 2. The molecule has 0 atom stereocenters. The third-order valence-corrected chi connectivity index (χ3v) is 4.22. The fourth-order valence-corrected chi connectivity index (χ4v) is 3.09. The molecule has 2 fully saturated rings. The molecule has 1 aromatic carbocycles. The van der Waals surface area contributed by atoms with Crippen molar-refractivity contribution in [2.75, 3.05) is 31.1 Å². The molecule has 1 N–H and O–H groups in total. The lowest BCUT2D eigenvalue weighted by Crippen LogP contribution is -2.43. The van der Waals surface area contributed by atoms with Crippen LogP contribution in [0.2, 0.25) is 0 Å². The van der Waals surface area contributed by atoms with E-state index in [1.165, 1.54) is 0 Å². The van der Waals surface area contributed by atoms with Crippen LogP contribution >= 0.6 is 0 Å². The van der Waals surface area contributed by atoms with Crippen molar-refractivity contribution < 1.29 is 18.3 Å². The number of piperazine rings is 1. The zero-order chi connectivity index (χ0) is 17.4. The fraction of sp³-hybridized carbons (Fsp3) is 0.667. The summed E-state index contributed by atoms with van der Waals surface area (Å²) in [6.45, 7) is 4.81. The number of benzene rings is 1. The van der Waals surface area contributed by atoms with Crippen LogP contribution in [-0.2, 0) is 0 Å². The van der Waals surface area contributed by atoms with Crippen LogP contribution in [0.25, 0.3) is 0 Å². The Kier molecular flexibility index (Phi) is 7.56. The third kappa shape index (κ3) is 5.23. The van der Waals surface area contributed by atoms with Crippen molar-refractivity contribution in [3.05, 3.63) is 18.2 Å². The van der Waals surface area contributed by atoms with Crippen LogP contribution in [0.4, 0.5) is 14.5 Å². The fourth-order valence-electron chi connectivity index (χ4n) is 3.09. The number of halogens is 2. The van der Waals surface area contributed by atoms with E-state index in [1.807, 2.05) is 26.0 Å². The topological polar surface area (TPSA) is 33.7 Å². The summed E-state index contributed by atoms with van der Waals surface area (Å²) >= 11 is 0. The molecule has 0 amide bonds. The Morgan fingerprint density at radius 2 is 1.75 bits per heavy atom. The monoisotopic (exact) mass is 342 g/mol. The molecule has 136 valence electrons. The second-order valence-electron chi connectivity index (χ2n) is 5.77. The Balaban J connectivity index is 0.00000100. The average molecular weight is 342 g/mol. The minimum atomic E-state index is -2.84. The van der Waals surface area contributed by atoms with Gasteiger partial charge in [-0.15, -0.1) is 0 Å². The SMILES string of the molecule is CC.FC(F)Oc1ccc(N2CCNCC2)cc1OC1CCCC1. The van der Waals surface area contributed by atoms with Crippen LogP contribution < -0.4 is 19.7 Å². The molecule has 1 aromatic rings. The summed E-state index contributed by atoms with van der Waals surface area (Å²) in [5.41, 5.74) is 0.996. The second kappa shape index (κ2) is 9.67. The molecule has 1 heterocycles. The quantitative estimate of drug-likeness (QED) is 0.875. The van der Waals surface area contributed by atoms with Crippen molar-refractivity contribution in [1.29, 1.82) is 0 Å². The van der Waals surface area contributed by atoms with Gasteiger partial charge in [0.15, 0.2) is 11.5 Å².